The summed E-state index contributed by atoms with van der Waals surface area (Å²) in [5, 5.41) is 22.0. The summed E-state index contributed by atoms with van der Waals surface area (Å²) in [6.07, 6.45) is 4.47. The van der Waals surface area contributed by atoms with Crippen LogP contribution in [0.3, 0.4) is 0 Å². The Morgan fingerprint density at radius 3 is 0.882 bits per heavy atom. The van der Waals surface area contributed by atoms with Crippen LogP contribution in [0.1, 0.15) is 11.1 Å². The van der Waals surface area contributed by atoms with Crippen LogP contribution in [-0.4, -0.2) is 0 Å². The van der Waals surface area contributed by atoms with Crippen molar-refractivity contribution in [2.45, 2.75) is 0 Å². The van der Waals surface area contributed by atoms with Crippen molar-refractivity contribution < 1.29 is 0 Å². The SMILES string of the molecule is C(=C\c1ccc2cc(N(c3ccc4cc5ccccc5cc4c3)c3c4ccccc4cc4ccccc34)ccc2c1)/c1ccc(N(c2ccc3cc4ccccc4cc3c2)c2c3ccccc3cc3ccccc23)cc1. The van der Waals surface area contributed by atoms with E-state index in [-0.39, 0.29) is 0 Å². The second kappa shape index (κ2) is 17.9. The maximum atomic E-state index is 2.47. The number of fused-ring (bicyclic) bond motifs is 9. The average molecular weight is 965 g/mol. The third-order valence-electron chi connectivity index (χ3n) is 15.6. The molecule has 15 aromatic rings. The van der Waals surface area contributed by atoms with E-state index in [1.807, 2.05) is 0 Å². The molecule has 0 spiro atoms. The summed E-state index contributed by atoms with van der Waals surface area (Å²) in [7, 11) is 0. The Kier molecular flexibility index (Phi) is 10.2. The summed E-state index contributed by atoms with van der Waals surface area (Å²) < 4.78 is 0. The van der Waals surface area contributed by atoms with Crippen molar-refractivity contribution in [2.24, 2.45) is 0 Å². The Balaban J connectivity index is 0.800. The minimum Gasteiger partial charge on any atom is -0.309 e. The summed E-state index contributed by atoms with van der Waals surface area (Å²) in [6, 6.07) is 103. The number of rotatable bonds is 8. The first-order chi connectivity index (χ1) is 37.6. The lowest BCUT2D eigenvalue weighted by Crippen LogP contribution is -2.11. The Labute approximate surface area is 440 Å². The van der Waals surface area contributed by atoms with Gasteiger partial charge in [-0.3, -0.25) is 0 Å². The van der Waals surface area contributed by atoms with Gasteiger partial charge in [0.1, 0.15) is 0 Å². The number of hydrogen-bond donors (Lipinski definition) is 0. The average Bonchev–Trinajstić information content (AvgIpc) is 3.47. The lowest BCUT2D eigenvalue weighted by atomic mass is 9.97. The summed E-state index contributed by atoms with van der Waals surface area (Å²) in [4.78, 5) is 4.93. The van der Waals surface area contributed by atoms with Crippen LogP contribution in [0.2, 0.25) is 0 Å². The van der Waals surface area contributed by atoms with E-state index in [9.17, 15) is 0 Å². The molecular weight excluding hydrogens is 917 g/mol. The minimum atomic E-state index is 1.10. The molecule has 0 fully saturated rings. The fourth-order valence-electron chi connectivity index (χ4n) is 11.8. The molecule has 0 radical (unpaired) electrons. The zero-order chi connectivity index (χ0) is 50.1. The van der Waals surface area contributed by atoms with Gasteiger partial charge < -0.3 is 9.80 Å². The van der Waals surface area contributed by atoms with Gasteiger partial charge in [0.15, 0.2) is 0 Å². The van der Waals surface area contributed by atoms with Crippen LogP contribution in [0.15, 0.2) is 279 Å². The number of anilines is 6. The maximum Gasteiger partial charge on any atom is 0.0618 e. The van der Waals surface area contributed by atoms with E-state index in [0.717, 1.165) is 33.9 Å². The highest BCUT2D eigenvalue weighted by atomic mass is 15.2. The number of nitrogens with zero attached hydrogens (tertiary/aromatic N) is 2. The zero-order valence-electron chi connectivity index (χ0n) is 41.6. The van der Waals surface area contributed by atoms with Crippen molar-refractivity contribution in [3.05, 3.63) is 290 Å². The summed E-state index contributed by atoms with van der Waals surface area (Å²) in [5.41, 5.74) is 9.08. The normalized spacial score (nSPS) is 11.9. The van der Waals surface area contributed by atoms with E-state index in [4.69, 9.17) is 0 Å². The largest absolute Gasteiger partial charge is 0.309 e. The van der Waals surface area contributed by atoms with Gasteiger partial charge >= 0.3 is 0 Å². The molecule has 0 saturated carbocycles. The second-order valence-electron chi connectivity index (χ2n) is 20.2. The molecule has 2 nitrogen and oxygen atoms in total. The summed E-state index contributed by atoms with van der Waals surface area (Å²) in [6.45, 7) is 0. The van der Waals surface area contributed by atoms with Crippen molar-refractivity contribution in [1.29, 1.82) is 0 Å². The molecule has 0 unspecified atom stereocenters. The lowest BCUT2D eigenvalue weighted by molar-refractivity contribution is 1.31. The fraction of sp³-hybridized carbons (Fsp3) is 0. The molecule has 2 heteroatoms. The molecule has 0 aliphatic carbocycles. The number of benzene rings is 15. The highest BCUT2D eigenvalue weighted by Crippen LogP contribution is 2.47. The first-order valence-electron chi connectivity index (χ1n) is 26.2. The van der Waals surface area contributed by atoms with Crippen molar-refractivity contribution in [3.8, 4) is 0 Å². The first kappa shape index (κ1) is 43.6. The first-order valence-corrected chi connectivity index (χ1v) is 26.2. The smallest absolute Gasteiger partial charge is 0.0618 e. The van der Waals surface area contributed by atoms with Crippen LogP contribution < -0.4 is 9.80 Å². The highest BCUT2D eigenvalue weighted by Gasteiger charge is 2.22. The van der Waals surface area contributed by atoms with Crippen LogP contribution in [0.25, 0.3) is 109 Å². The van der Waals surface area contributed by atoms with E-state index in [0.29, 0.717) is 0 Å². The van der Waals surface area contributed by atoms with E-state index >= 15 is 0 Å². The van der Waals surface area contributed by atoms with Gasteiger partial charge in [-0.2, -0.15) is 0 Å². The van der Waals surface area contributed by atoms with Gasteiger partial charge in [0.05, 0.1) is 11.4 Å². The summed E-state index contributed by atoms with van der Waals surface area (Å²) in [5.74, 6) is 0. The zero-order valence-corrected chi connectivity index (χ0v) is 41.6. The van der Waals surface area contributed by atoms with Crippen molar-refractivity contribution >= 4 is 143 Å². The van der Waals surface area contributed by atoms with Gasteiger partial charge in [0.25, 0.3) is 0 Å². The summed E-state index contributed by atoms with van der Waals surface area (Å²) >= 11 is 0. The van der Waals surface area contributed by atoms with E-state index < -0.39 is 0 Å². The Bertz CT molecular complexity index is 4730. The molecule has 15 rings (SSSR count). The van der Waals surface area contributed by atoms with Crippen LogP contribution in [0.5, 0.6) is 0 Å². The monoisotopic (exact) mass is 964 g/mol. The van der Waals surface area contributed by atoms with Gasteiger partial charge in [-0.05, 0) is 178 Å². The molecule has 0 atom stereocenters. The maximum absolute atomic E-state index is 2.47. The van der Waals surface area contributed by atoms with E-state index in [1.54, 1.807) is 0 Å². The molecule has 0 N–H and O–H groups in total. The molecular formula is C74H48N2. The third-order valence-corrected chi connectivity index (χ3v) is 15.6. The lowest BCUT2D eigenvalue weighted by Gasteiger charge is -2.29. The van der Waals surface area contributed by atoms with Gasteiger partial charge in [-0.1, -0.05) is 200 Å². The van der Waals surface area contributed by atoms with E-state index in [2.05, 4.69) is 301 Å². The molecule has 0 amide bonds. The van der Waals surface area contributed by atoms with Gasteiger partial charge in [0, 0.05) is 44.3 Å². The van der Waals surface area contributed by atoms with Crippen LogP contribution in [0.4, 0.5) is 34.1 Å². The van der Waals surface area contributed by atoms with Crippen LogP contribution in [-0.2, 0) is 0 Å². The molecule has 0 heterocycles. The number of hydrogen-bond acceptors (Lipinski definition) is 2. The Hall–Kier alpha value is -10.0. The molecule has 15 aromatic carbocycles. The van der Waals surface area contributed by atoms with Gasteiger partial charge in [-0.25, -0.2) is 0 Å². The Morgan fingerprint density at radius 2 is 0.447 bits per heavy atom. The fourth-order valence-corrected chi connectivity index (χ4v) is 11.8. The Morgan fingerprint density at radius 1 is 0.184 bits per heavy atom. The van der Waals surface area contributed by atoms with Gasteiger partial charge in [0.2, 0.25) is 0 Å². The second-order valence-corrected chi connectivity index (χ2v) is 20.2. The van der Waals surface area contributed by atoms with Crippen molar-refractivity contribution in [2.75, 3.05) is 9.80 Å². The van der Waals surface area contributed by atoms with Gasteiger partial charge in [-0.15, -0.1) is 0 Å². The molecule has 0 aliphatic heterocycles. The molecule has 0 bridgehead atoms. The van der Waals surface area contributed by atoms with Crippen LogP contribution >= 0.6 is 0 Å². The minimum absolute atomic E-state index is 1.10. The predicted molar refractivity (Wildman–Crippen MR) is 329 cm³/mol. The third kappa shape index (κ3) is 7.58. The quantitative estimate of drug-likeness (QED) is 0.111. The standard InChI is InChI=1S/C74H48N2/c1-3-15-53-42-63-47-67(37-32-56(63)40-51(53)13-1)75(73-69-21-9-5-17-59(69)44-60-18-6-10-22-70(60)73)65-34-28-49(29-35-65)25-26-50-27-30-58-46-66(36-31-55(58)39-50)76(68-38-33-57-41-52-14-2-4-16-54(52)43-64(57)48-68)74-71-23-11-7-19-61(71)45-62-20-8-12-24-72(62)74/h1-48H/b26-25+. The molecule has 0 aromatic heterocycles. The van der Waals surface area contributed by atoms with Crippen molar-refractivity contribution in [1.82, 2.24) is 0 Å². The molecule has 0 aliphatic rings. The molecule has 354 valence electrons. The molecule has 0 saturated heterocycles. The van der Waals surface area contributed by atoms with Crippen molar-refractivity contribution in [3.63, 3.8) is 0 Å². The topological polar surface area (TPSA) is 6.48 Å². The molecule has 76 heavy (non-hydrogen) atoms. The predicted octanol–water partition coefficient (Wildman–Crippen LogP) is 21.2. The van der Waals surface area contributed by atoms with E-state index in [1.165, 1.54) is 108 Å². The highest BCUT2D eigenvalue weighted by molar-refractivity contribution is 6.16. The van der Waals surface area contributed by atoms with Crippen LogP contribution in [0, 0.1) is 0 Å².